The molecule has 0 N–H and O–H groups in total. The molecule has 2 rings (SSSR count). The van der Waals surface area contributed by atoms with E-state index in [9.17, 15) is 0 Å². The SMILES string of the molecule is CBr.CCl.c1ccc(C2OCCO2)cc1. The quantitative estimate of drug-likeness (QED) is 0.737. The summed E-state index contributed by atoms with van der Waals surface area (Å²) in [5, 5.41) is 0. The third-order valence-electron chi connectivity index (χ3n) is 1.69. The molecule has 1 aromatic carbocycles. The molecular formula is C11H16BrClO2. The van der Waals surface area contributed by atoms with Crippen molar-refractivity contribution >= 4 is 27.5 Å². The molecule has 1 fully saturated rings. The summed E-state index contributed by atoms with van der Waals surface area (Å²) >= 11 is 7.58. The second-order valence-corrected chi connectivity index (χ2v) is 2.48. The highest BCUT2D eigenvalue weighted by molar-refractivity contribution is 9.08. The predicted molar refractivity (Wildman–Crippen MR) is 67.7 cm³/mol. The predicted octanol–water partition coefficient (Wildman–Crippen LogP) is 3.60. The fraction of sp³-hybridized carbons (Fsp3) is 0.455. The summed E-state index contributed by atoms with van der Waals surface area (Å²) in [5.74, 6) is 1.81. The average Bonchev–Trinajstić information content (AvgIpc) is 2.89. The van der Waals surface area contributed by atoms with Gasteiger partial charge in [-0.3, -0.25) is 0 Å². The van der Waals surface area contributed by atoms with Crippen molar-refractivity contribution in [3.05, 3.63) is 35.9 Å². The van der Waals surface area contributed by atoms with Crippen molar-refractivity contribution in [3.8, 4) is 0 Å². The number of hydrogen-bond acceptors (Lipinski definition) is 2. The van der Waals surface area contributed by atoms with Crippen molar-refractivity contribution in [2.45, 2.75) is 6.29 Å². The Balaban J connectivity index is 0.000000442. The maximum absolute atomic E-state index is 5.32. The molecular weight excluding hydrogens is 279 g/mol. The van der Waals surface area contributed by atoms with Crippen LogP contribution in [0.5, 0.6) is 0 Å². The van der Waals surface area contributed by atoms with Gasteiger partial charge in [0.25, 0.3) is 0 Å². The van der Waals surface area contributed by atoms with Gasteiger partial charge < -0.3 is 9.47 Å². The number of alkyl halides is 2. The topological polar surface area (TPSA) is 18.5 Å². The van der Waals surface area contributed by atoms with Crippen LogP contribution >= 0.6 is 27.5 Å². The van der Waals surface area contributed by atoms with Crippen LogP contribution in [0.2, 0.25) is 0 Å². The molecule has 0 spiro atoms. The first kappa shape index (κ1) is 14.9. The summed E-state index contributed by atoms with van der Waals surface area (Å²) in [5.41, 5.74) is 1.10. The summed E-state index contributed by atoms with van der Waals surface area (Å²) in [4.78, 5) is 0. The van der Waals surface area contributed by atoms with Crippen molar-refractivity contribution in [1.29, 1.82) is 0 Å². The van der Waals surface area contributed by atoms with Crippen LogP contribution in [-0.4, -0.2) is 25.4 Å². The lowest BCUT2D eigenvalue weighted by Crippen LogP contribution is -1.96. The molecule has 15 heavy (non-hydrogen) atoms. The van der Waals surface area contributed by atoms with E-state index in [1.165, 1.54) is 6.38 Å². The summed E-state index contributed by atoms with van der Waals surface area (Å²) in [7, 11) is 0. The molecule has 2 nitrogen and oxygen atoms in total. The molecule has 86 valence electrons. The Kier molecular flexibility index (Phi) is 10.4. The van der Waals surface area contributed by atoms with Crippen LogP contribution < -0.4 is 0 Å². The van der Waals surface area contributed by atoms with Gasteiger partial charge in [0.15, 0.2) is 6.29 Å². The number of hydrogen-bond donors (Lipinski definition) is 0. The van der Waals surface area contributed by atoms with Crippen LogP contribution in [0, 0.1) is 0 Å². The molecule has 1 heterocycles. The van der Waals surface area contributed by atoms with Gasteiger partial charge in [0.1, 0.15) is 0 Å². The van der Waals surface area contributed by atoms with E-state index < -0.39 is 0 Å². The zero-order valence-electron chi connectivity index (χ0n) is 8.95. The molecule has 1 aliphatic heterocycles. The second kappa shape index (κ2) is 10.4. The normalized spacial score (nSPS) is 14.7. The minimum atomic E-state index is -0.129. The third kappa shape index (κ3) is 5.52. The minimum Gasteiger partial charge on any atom is -0.346 e. The molecule has 0 bridgehead atoms. The first-order valence-electron chi connectivity index (χ1n) is 4.50. The Morgan fingerprint density at radius 3 is 2.00 bits per heavy atom. The van der Waals surface area contributed by atoms with Gasteiger partial charge in [-0.15, -0.1) is 11.6 Å². The lowest BCUT2D eigenvalue weighted by Gasteiger charge is -2.07. The first-order chi connectivity index (χ1) is 7.47. The Morgan fingerprint density at radius 1 is 1.07 bits per heavy atom. The van der Waals surface area contributed by atoms with E-state index in [2.05, 4.69) is 27.5 Å². The van der Waals surface area contributed by atoms with Gasteiger partial charge in [-0.05, 0) is 5.83 Å². The molecule has 0 amide bonds. The largest absolute Gasteiger partial charge is 0.346 e. The van der Waals surface area contributed by atoms with Gasteiger partial charge in [-0.25, -0.2) is 0 Å². The van der Waals surface area contributed by atoms with E-state index in [1.807, 2.05) is 36.2 Å². The molecule has 1 saturated heterocycles. The number of benzene rings is 1. The maximum atomic E-state index is 5.32. The molecule has 0 aromatic heterocycles. The lowest BCUT2D eigenvalue weighted by atomic mass is 10.2. The van der Waals surface area contributed by atoms with Crippen molar-refractivity contribution in [2.24, 2.45) is 0 Å². The standard InChI is InChI=1S/C9H10O2.CH3Br.CH3Cl/c1-2-4-8(5-3-1)9-10-6-7-11-9;2*1-2/h1-5,9H,6-7H2;2*1H3. The molecule has 1 aromatic rings. The smallest absolute Gasteiger partial charge is 0.184 e. The van der Waals surface area contributed by atoms with Crippen LogP contribution in [0.15, 0.2) is 30.3 Å². The highest BCUT2D eigenvalue weighted by atomic mass is 79.9. The van der Waals surface area contributed by atoms with Gasteiger partial charge in [0.05, 0.1) is 13.2 Å². The fourth-order valence-electron chi connectivity index (χ4n) is 1.16. The molecule has 1 aliphatic rings. The van der Waals surface area contributed by atoms with Gasteiger partial charge >= 0.3 is 0 Å². The molecule has 0 unspecified atom stereocenters. The number of halogens is 2. The highest BCUT2D eigenvalue weighted by Gasteiger charge is 2.16. The van der Waals surface area contributed by atoms with Crippen LogP contribution in [0.1, 0.15) is 11.9 Å². The average molecular weight is 296 g/mol. The number of rotatable bonds is 1. The van der Waals surface area contributed by atoms with Crippen LogP contribution in [0.25, 0.3) is 0 Å². The van der Waals surface area contributed by atoms with Crippen LogP contribution in [-0.2, 0) is 9.47 Å². The Hall–Kier alpha value is -0.0900. The van der Waals surface area contributed by atoms with Gasteiger partial charge in [-0.2, -0.15) is 0 Å². The van der Waals surface area contributed by atoms with E-state index in [-0.39, 0.29) is 6.29 Å². The molecule has 0 atom stereocenters. The Bertz CT molecular complexity index is 225. The molecule has 4 heteroatoms. The number of ether oxygens (including phenoxy) is 2. The summed E-state index contributed by atoms with van der Waals surface area (Å²) in [6.45, 7) is 1.42. The van der Waals surface area contributed by atoms with E-state index in [0.717, 1.165) is 5.56 Å². The lowest BCUT2D eigenvalue weighted by molar-refractivity contribution is -0.0441. The fourth-order valence-corrected chi connectivity index (χ4v) is 1.16. The van der Waals surface area contributed by atoms with Crippen molar-refractivity contribution in [2.75, 3.05) is 25.4 Å². The molecule has 0 saturated carbocycles. The summed E-state index contributed by atoms with van der Waals surface area (Å²) in [6, 6.07) is 9.98. The second-order valence-electron chi connectivity index (χ2n) is 2.48. The zero-order valence-corrected chi connectivity index (χ0v) is 11.3. The summed E-state index contributed by atoms with van der Waals surface area (Å²) < 4.78 is 10.6. The Morgan fingerprint density at radius 2 is 1.53 bits per heavy atom. The van der Waals surface area contributed by atoms with Gasteiger partial charge in [-0.1, -0.05) is 46.3 Å². The summed E-state index contributed by atoms with van der Waals surface area (Å²) in [6.07, 6.45) is 1.34. The zero-order chi connectivity index (χ0) is 11.5. The van der Waals surface area contributed by atoms with Crippen molar-refractivity contribution < 1.29 is 9.47 Å². The minimum absolute atomic E-state index is 0.129. The van der Waals surface area contributed by atoms with Crippen molar-refractivity contribution in [3.63, 3.8) is 0 Å². The van der Waals surface area contributed by atoms with Gasteiger partial charge in [0.2, 0.25) is 0 Å². The monoisotopic (exact) mass is 294 g/mol. The van der Waals surface area contributed by atoms with Crippen molar-refractivity contribution in [1.82, 2.24) is 0 Å². The van der Waals surface area contributed by atoms with E-state index in [4.69, 9.17) is 9.47 Å². The third-order valence-corrected chi connectivity index (χ3v) is 1.69. The highest BCUT2D eigenvalue weighted by Crippen LogP contribution is 2.21. The first-order valence-corrected chi connectivity index (χ1v) is 6.85. The molecule has 0 radical (unpaired) electrons. The van der Waals surface area contributed by atoms with Crippen LogP contribution in [0.3, 0.4) is 0 Å². The maximum Gasteiger partial charge on any atom is 0.184 e. The van der Waals surface area contributed by atoms with E-state index in [1.54, 1.807) is 0 Å². The van der Waals surface area contributed by atoms with Gasteiger partial charge in [0, 0.05) is 11.9 Å². The van der Waals surface area contributed by atoms with E-state index >= 15 is 0 Å². The van der Waals surface area contributed by atoms with E-state index in [0.29, 0.717) is 13.2 Å². The molecule has 0 aliphatic carbocycles. The Labute approximate surface area is 105 Å². The van der Waals surface area contributed by atoms with Crippen LogP contribution in [0.4, 0.5) is 0 Å².